The molecule has 4 heteroatoms. The van der Waals surface area contributed by atoms with Gasteiger partial charge in [0.2, 0.25) is 0 Å². The third kappa shape index (κ3) is 11.6. The number of hydrogen-bond donors (Lipinski definition) is 0. The monoisotopic (exact) mass is 321 g/mol. The Balaban J connectivity index is 1.79. The minimum absolute atomic E-state index is 0.0342. The quantitative estimate of drug-likeness (QED) is 0.268. The van der Waals surface area contributed by atoms with Crippen LogP contribution in [0.15, 0.2) is 0 Å². The van der Waals surface area contributed by atoms with E-state index in [9.17, 15) is 4.79 Å². The van der Waals surface area contributed by atoms with Crippen molar-refractivity contribution >= 4 is 13.8 Å². The molecule has 23 heavy (non-hydrogen) atoms. The van der Waals surface area contributed by atoms with Gasteiger partial charge in [0.25, 0.3) is 0 Å². The fourth-order valence-corrected chi connectivity index (χ4v) is 3.18. The van der Waals surface area contributed by atoms with E-state index in [2.05, 4.69) is 11.8 Å². The first-order valence-electron chi connectivity index (χ1n) is 9.86. The highest BCUT2D eigenvalue weighted by molar-refractivity contribution is 6.11. The molecule has 0 aromatic rings. The van der Waals surface area contributed by atoms with E-state index in [1.807, 2.05) is 0 Å². The molecule has 0 bridgehead atoms. The number of esters is 1. The highest BCUT2D eigenvalue weighted by atomic mass is 16.5. The minimum Gasteiger partial charge on any atom is -0.466 e. The van der Waals surface area contributed by atoms with Crippen LogP contribution in [0.5, 0.6) is 0 Å². The van der Waals surface area contributed by atoms with Crippen LogP contribution in [0.3, 0.4) is 0 Å². The lowest BCUT2D eigenvalue weighted by Crippen LogP contribution is -2.22. The van der Waals surface area contributed by atoms with E-state index in [-0.39, 0.29) is 5.97 Å². The molecular formula is C19H36BNO2. The number of likely N-dealkylation sites (tertiary alicyclic amines) is 1. The fraction of sp³-hybridized carbons (Fsp3) is 0.947. The zero-order valence-electron chi connectivity index (χ0n) is 15.2. The zero-order chi connectivity index (χ0) is 16.8. The van der Waals surface area contributed by atoms with Crippen LogP contribution in [0.4, 0.5) is 0 Å². The van der Waals surface area contributed by atoms with Crippen molar-refractivity contribution in [3.8, 4) is 0 Å². The Morgan fingerprint density at radius 2 is 1.70 bits per heavy atom. The highest BCUT2D eigenvalue weighted by Crippen LogP contribution is 2.18. The molecule has 1 fully saturated rings. The number of unbranched alkanes of at least 4 members (excludes halogenated alkanes) is 8. The van der Waals surface area contributed by atoms with E-state index in [0.29, 0.717) is 18.8 Å². The molecule has 3 nitrogen and oxygen atoms in total. The van der Waals surface area contributed by atoms with Crippen molar-refractivity contribution < 1.29 is 9.53 Å². The van der Waals surface area contributed by atoms with E-state index in [0.717, 1.165) is 38.9 Å². The standard InChI is InChI=1S/C19H36BNO2/c1-2-3-4-5-6-7-8-9-10-16-23-19(22)12-11-14-21-15-13-18(20)17-21/h18H,2-17H2,1H3. The smallest absolute Gasteiger partial charge is 0.305 e. The van der Waals surface area contributed by atoms with Crippen LogP contribution in [-0.4, -0.2) is 45.0 Å². The van der Waals surface area contributed by atoms with Gasteiger partial charge in [0, 0.05) is 6.42 Å². The normalized spacial score (nSPS) is 18.4. The second-order valence-corrected chi connectivity index (χ2v) is 7.00. The molecule has 1 saturated heterocycles. The first-order valence-corrected chi connectivity index (χ1v) is 9.86. The SMILES string of the molecule is [B]C1CCN(CCCC(=O)OCCCCCCCCCCC)C1. The lowest BCUT2D eigenvalue weighted by atomic mass is 9.87. The Hall–Kier alpha value is -0.505. The summed E-state index contributed by atoms with van der Waals surface area (Å²) < 4.78 is 5.31. The molecule has 1 heterocycles. The van der Waals surface area contributed by atoms with Crippen LogP contribution in [0.2, 0.25) is 5.82 Å². The van der Waals surface area contributed by atoms with Crippen molar-refractivity contribution in [3.05, 3.63) is 0 Å². The van der Waals surface area contributed by atoms with Gasteiger partial charge in [0.1, 0.15) is 0 Å². The Bertz CT molecular complexity index is 299. The summed E-state index contributed by atoms with van der Waals surface area (Å²) in [4.78, 5) is 14.0. The molecule has 0 aromatic heterocycles. The Morgan fingerprint density at radius 1 is 1.04 bits per heavy atom. The van der Waals surface area contributed by atoms with E-state index in [1.165, 1.54) is 51.4 Å². The molecule has 0 spiro atoms. The van der Waals surface area contributed by atoms with Crippen molar-refractivity contribution in [2.45, 2.75) is 89.8 Å². The van der Waals surface area contributed by atoms with Gasteiger partial charge in [-0.1, -0.05) is 64.1 Å². The van der Waals surface area contributed by atoms with Crippen molar-refractivity contribution in [2.75, 3.05) is 26.2 Å². The van der Waals surface area contributed by atoms with E-state index < -0.39 is 0 Å². The van der Waals surface area contributed by atoms with Crippen LogP contribution < -0.4 is 0 Å². The maximum absolute atomic E-state index is 11.7. The van der Waals surface area contributed by atoms with Crippen molar-refractivity contribution in [1.29, 1.82) is 0 Å². The van der Waals surface area contributed by atoms with Crippen LogP contribution in [0, 0.1) is 0 Å². The molecule has 0 aromatic carbocycles. The van der Waals surface area contributed by atoms with Gasteiger partial charge in [-0.15, -0.1) is 0 Å². The van der Waals surface area contributed by atoms with Gasteiger partial charge in [-0.25, -0.2) is 0 Å². The number of hydrogen-bond acceptors (Lipinski definition) is 3. The summed E-state index contributed by atoms with van der Waals surface area (Å²) >= 11 is 0. The summed E-state index contributed by atoms with van der Waals surface area (Å²) in [5.74, 6) is 0.293. The molecule has 132 valence electrons. The van der Waals surface area contributed by atoms with Gasteiger partial charge in [-0.05, 0) is 38.9 Å². The molecule has 1 atom stereocenters. The summed E-state index contributed by atoms with van der Waals surface area (Å²) in [5, 5.41) is 0. The van der Waals surface area contributed by atoms with E-state index in [1.54, 1.807) is 0 Å². The summed E-state index contributed by atoms with van der Waals surface area (Å²) in [6.07, 6.45) is 14.2. The van der Waals surface area contributed by atoms with Crippen molar-refractivity contribution in [2.24, 2.45) is 0 Å². The Kier molecular flexibility index (Phi) is 12.4. The van der Waals surface area contributed by atoms with Crippen LogP contribution in [0.1, 0.15) is 84.0 Å². The van der Waals surface area contributed by atoms with E-state index in [4.69, 9.17) is 12.6 Å². The molecule has 1 aliphatic heterocycles. The predicted molar refractivity (Wildman–Crippen MR) is 98.0 cm³/mol. The Labute approximate surface area is 144 Å². The second-order valence-electron chi connectivity index (χ2n) is 7.00. The summed E-state index contributed by atoms with van der Waals surface area (Å²) in [6, 6.07) is 0. The summed E-state index contributed by atoms with van der Waals surface area (Å²) in [6.45, 7) is 5.88. The van der Waals surface area contributed by atoms with E-state index >= 15 is 0 Å². The third-order valence-electron chi connectivity index (χ3n) is 4.68. The Morgan fingerprint density at radius 3 is 2.30 bits per heavy atom. The van der Waals surface area contributed by atoms with Gasteiger partial charge in [-0.3, -0.25) is 4.79 Å². The molecular weight excluding hydrogens is 285 g/mol. The van der Waals surface area contributed by atoms with Gasteiger partial charge in [0.05, 0.1) is 14.5 Å². The highest BCUT2D eigenvalue weighted by Gasteiger charge is 2.17. The third-order valence-corrected chi connectivity index (χ3v) is 4.68. The number of rotatable bonds is 14. The number of ether oxygens (including phenoxy) is 1. The lowest BCUT2D eigenvalue weighted by molar-refractivity contribution is -0.143. The first-order chi connectivity index (χ1) is 11.2. The summed E-state index contributed by atoms with van der Waals surface area (Å²) in [7, 11) is 5.87. The van der Waals surface area contributed by atoms with Crippen molar-refractivity contribution in [1.82, 2.24) is 4.90 Å². The zero-order valence-corrected chi connectivity index (χ0v) is 15.2. The predicted octanol–water partition coefficient (Wildman–Crippen LogP) is 4.50. The maximum atomic E-state index is 11.7. The van der Waals surface area contributed by atoms with Gasteiger partial charge in [0.15, 0.2) is 0 Å². The number of nitrogens with zero attached hydrogens (tertiary/aromatic N) is 1. The number of carbonyl (C=O) groups excluding carboxylic acids is 1. The van der Waals surface area contributed by atoms with Crippen LogP contribution in [0.25, 0.3) is 0 Å². The molecule has 1 unspecified atom stereocenters. The molecule has 2 radical (unpaired) electrons. The van der Waals surface area contributed by atoms with Crippen LogP contribution in [-0.2, 0) is 9.53 Å². The minimum atomic E-state index is -0.0342. The van der Waals surface area contributed by atoms with Crippen molar-refractivity contribution in [3.63, 3.8) is 0 Å². The van der Waals surface area contributed by atoms with Gasteiger partial charge >= 0.3 is 5.97 Å². The molecule has 1 rings (SSSR count). The maximum Gasteiger partial charge on any atom is 0.305 e. The molecule has 1 aliphatic rings. The lowest BCUT2D eigenvalue weighted by Gasteiger charge is -2.14. The first kappa shape index (κ1) is 20.5. The second kappa shape index (κ2) is 13.9. The average molecular weight is 321 g/mol. The largest absolute Gasteiger partial charge is 0.466 e. The summed E-state index contributed by atoms with van der Waals surface area (Å²) in [5.41, 5.74) is 0. The van der Waals surface area contributed by atoms with Gasteiger partial charge in [-0.2, -0.15) is 0 Å². The molecule has 0 saturated carbocycles. The molecule has 0 aliphatic carbocycles. The van der Waals surface area contributed by atoms with Gasteiger partial charge < -0.3 is 9.64 Å². The molecule has 0 amide bonds. The van der Waals surface area contributed by atoms with Crippen LogP contribution >= 0.6 is 0 Å². The number of carbonyl (C=O) groups is 1. The fourth-order valence-electron chi connectivity index (χ4n) is 3.18. The topological polar surface area (TPSA) is 29.5 Å². The molecule has 0 N–H and O–H groups in total. The average Bonchev–Trinajstić information content (AvgIpc) is 2.94.